The van der Waals surface area contributed by atoms with E-state index in [9.17, 15) is 14.7 Å². The number of fused-ring (bicyclic) bond motifs is 5. The lowest BCUT2D eigenvalue weighted by Crippen LogP contribution is -2.58. The van der Waals surface area contributed by atoms with Gasteiger partial charge in [0.2, 0.25) is 0 Å². The van der Waals surface area contributed by atoms with E-state index in [-0.39, 0.29) is 22.4 Å². The topological polar surface area (TPSA) is 54.4 Å². The van der Waals surface area contributed by atoms with Crippen LogP contribution in [0.5, 0.6) is 0 Å². The third-order valence-electron chi connectivity index (χ3n) is 9.24. The summed E-state index contributed by atoms with van der Waals surface area (Å²) in [4.78, 5) is 24.7. The van der Waals surface area contributed by atoms with E-state index >= 15 is 0 Å². The third kappa shape index (κ3) is 2.07. The number of ketones is 2. The Morgan fingerprint density at radius 2 is 1.81 bits per heavy atom. The monoisotopic (exact) mass is 368 g/mol. The van der Waals surface area contributed by atoms with Gasteiger partial charge < -0.3 is 5.11 Å². The van der Waals surface area contributed by atoms with Gasteiger partial charge in [0.25, 0.3) is 0 Å². The molecule has 4 aliphatic carbocycles. The molecule has 0 radical (unpaired) electrons. The van der Waals surface area contributed by atoms with E-state index < -0.39 is 5.60 Å². The molecule has 4 rings (SSSR count). The maximum Gasteiger partial charge on any atom is 0.185 e. The van der Waals surface area contributed by atoms with Crippen molar-refractivity contribution in [3.8, 4) is 0 Å². The molecule has 7 atom stereocenters. The summed E-state index contributed by atoms with van der Waals surface area (Å²) in [6.45, 7) is 16.5. The second kappa shape index (κ2) is 5.53. The number of Topliss-reactive ketones (excluding diaryl/α,β-unsaturated/α-hetero) is 1. The molecule has 0 aromatic carbocycles. The van der Waals surface area contributed by atoms with Crippen LogP contribution in [-0.2, 0) is 9.59 Å². The number of hydrogen-bond donors (Lipinski definition) is 1. The van der Waals surface area contributed by atoms with Crippen LogP contribution in [0.15, 0.2) is 36.0 Å². The lowest BCUT2D eigenvalue weighted by atomic mass is 9.43. The van der Waals surface area contributed by atoms with Crippen molar-refractivity contribution in [3.05, 3.63) is 36.0 Å². The zero-order valence-corrected chi connectivity index (χ0v) is 17.1. The molecule has 0 spiro atoms. The van der Waals surface area contributed by atoms with Gasteiger partial charge in [0.15, 0.2) is 11.6 Å². The lowest BCUT2D eigenvalue weighted by molar-refractivity contribution is -0.159. The van der Waals surface area contributed by atoms with Gasteiger partial charge >= 0.3 is 0 Å². The number of carbonyl (C=O) groups excluding carboxylic acids is 2. The highest BCUT2D eigenvalue weighted by atomic mass is 16.3. The van der Waals surface area contributed by atoms with Crippen LogP contribution in [0.3, 0.4) is 0 Å². The van der Waals surface area contributed by atoms with Crippen LogP contribution in [-0.4, -0.2) is 22.3 Å². The van der Waals surface area contributed by atoms with Crippen molar-refractivity contribution < 1.29 is 14.7 Å². The van der Waals surface area contributed by atoms with Gasteiger partial charge in [0.05, 0.1) is 0 Å². The van der Waals surface area contributed by atoms with Gasteiger partial charge in [-0.1, -0.05) is 39.5 Å². The summed E-state index contributed by atoms with van der Waals surface area (Å²) in [6, 6.07) is 0. The van der Waals surface area contributed by atoms with Crippen molar-refractivity contribution in [3.63, 3.8) is 0 Å². The number of carbonyl (C=O) groups is 2. The second-order valence-corrected chi connectivity index (χ2v) is 10.0. The fourth-order valence-corrected chi connectivity index (χ4v) is 7.57. The van der Waals surface area contributed by atoms with Crippen molar-refractivity contribution in [2.75, 3.05) is 0 Å². The summed E-state index contributed by atoms with van der Waals surface area (Å²) in [7, 11) is 0. The summed E-state index contributed by atoms with van der Waals surface area (Å²) >= 11 is 0. The molecule has 0 bridgehead atoms. The van der Waals surface area contributed by atoms with Gasteiger partial charge in [0, 0.05) is 16.4 Å². The number of hydrogen-bond acceptors (Lipinski definition) is 3. The van der Waals surface area contributed by atoms with Crippen LogP contribution < -0.4 is 0 Å². The average Bonchev–Trinajstić information content (AvgIpc) is 2.89. The van der Waals surface area contributed by atoms with Crippen LogP contribution in [0.4, 0.5) is 0 Å². The summed E-state index contributed by atoms with van der Waals surface area (Å²) < 4.78 is 0. The van der Waals surface area contributed by atoms with Crippen molar-refractivity contribution in [1.29, 1.82) is 0 Å². The fraction of sp³-hybridized carbons (Fsp3) is 0.667. The molecule has 3 heteroatoms. The molecule has 1 unspecified atom stereocenters. The van der Waals surface area contributed by atoms with Crippen molar-refractivity contribution in [1.82, 2.24) is 0 Å². The largest absolute Gasteiger partial charge is 0.382 e. The predicted octanol–water partition coefficient (Wildman–Crippen LogP) is 4.42. The minimum absolute atomic E-state index is 0.00486. The van der Waals surface area contributed by atoms with Crippen LogP contribution >= 0.6 is 0 Å². The Hall–Kier alpha value is -1.48. The molecular weight excluding hydrogens is 336 g/mol. The zero-order chi connectivity index (χ0) is 19.9. The Morgan fingerprint density at radius 3 is 2.44 bits per heavy atom. The summed E-state index contributed by atoms with van der Waals surface area (Å²) in [6.07, 6.45) is 6.13. The fourth-order valence-electron chi connectivity index (χ4n) is 7.57. The first-order chi connectivity index (χ1) is 12.5. The normalized spacial score (nSPS) is 49.2. The van der Waals surface area contributed by atoms with Gasteiger partial charge in [-0.15, -0.1) is 0 Å². The molecule has 0 saturated heterocycles. The van der Waals surface area contributed by atoms with E-state index in [1.165, 1.54) is 5.57 Å². The van der Waals surface area contributed by atoms with E-state index in [1.54, 1.807) is 6.92 Å². The molecule has 0 aromatic rings. The van der Waals surface area contributed by atoms with Gasteiger partial charge in [-0.25, -0.2) is 0 Å². The standard InChI is InChI=1S/C24H32O3/c1-13-11-17-18-8-10-24(27,16(4)25)22(18,5)9-7-19(17)23(6)15(3)14(2)21(26)12-20(13)23/h12-13,17-19,27H,2-3,7-11H2,1,4-6H3/t13?,17-,18-,19-,22-,23+,24-/m0/s1. The summed E-state index contributed by atoms with van der Waals surface area (Å²) in [5.74, 6) is 1.40. The first-order valence-corrected chi connectivity index (χ1v) is 10.4. The Balaban J connectivity index is 1.80. The van der Waals surface area contributed by atoms with Gasteiger partial charge in [-0.05, 0) is 74.3 Å². The third-order valence-corrected chi connectivity index (χ3v) is 9.24. The summed E-state index contributed by atoms with van der Waals surface area (Å²) in [5.41, 5.74) is 0.885. The number of allylic oxidation sites excluding steroid dienone is 3. The van der Waals surface area contributed by atoms with Crippen molar-refractivity contribution in [2.24, 2.45) is 34.5 Å². The van der Waals surface area contributed by atoms with Crippen molar-refractivity contribution in [2.45, 2.75) is 65.4 Å². The highest BCUT2D eigenvalue weighted by Gasteiger charge is 2.66. The van der Waals surface area contributed by atoms with Crippen LogP contribution in [0.2, 0.25) is 0 Å². The van der Waals surface area contributed by atoms with Gasteiger partial charge in [-0.2, -0.15) is 0 Å². The lowest BCUT2D eigenvalue weighted by Gasteiger charge is -2.60. The van der Waals surface area contributed by atoms with Crippen LogP contribution in [0.25, 0.3) is 0 Å². The summed E-state index contributed by atoms with van der Waals surface area (Å²) in [5, 5.41) is 11.3. The SMILES string of the molecule is C=C1C(=C)[C@@]2(C)C(=CC1=O)C(C)C[C@@H]1[C@@H]2CC[C@@]2(C)[C@H]1CC[C@]2(O)C(C)=O. The molecule has 146 valence electrons. The first kappa shape index (κ1) is 18.9. The molecular formula is C24H32O3. The number of aliphatic hydroxyl groups is 1. The van der Waals surface area contributed by atoms with Crippen LogP contribution in [0, 0.1) is 34.5 Å². The maximum absolute atomic E-state index is 12.4. The van der Waals surface area contributed by atoms with Gasteiger partial charge in [0.1, 0.15) is 5.60 Å². The van der Waals surface area contributed by atoms with E-state index in [4.69, 9.17) is 0 Å². The van der Waals surface area contributed by atoms with Crippen LogP contribution in [0.1, 0.15) is 59.8 Å². The van der Waals surface area contributed by atoms with E-state index in [1.807, 2.05) is 6.08 Å². The first-order valence-electron chi connectivity index (χ1n) is 10.4. The Bertz CT molecular complexity index is 804. The highest BCUT2D eigenvalue weighted by Crippen LogP contribution is 2.69. The smallest absolute Gasteiger partial charge is 0.185 e. The molecule has 3 nitrogen and oxygen atoms in total. The Morgan fingerprint density at radius 1 is 1.19 bits per heavy atom. The molecule has 3 saturated carbocycles. The van der Waals surface area contributed by atoms with Gasteiger partial charge in [-0.3, -0.25) is 9.59 Å². The molecule has 3 fully saturated rings. The van der Waals surface area contributed by atoms with E-state index in [0.717, 1.165) is 31.3 Å². The minimum atomic E-state index is -1.19. The molecule has 4 aliphatic rings. The van der Waals surface area contributed by atoms with Crippen molar-refractivity contribution >= 4 is 11.6 Å². The molecule has 27 heavy (non-hydrogen) atoms. The molecule has 0 aliphatic heterocycles. The highest BCUT2D eigenvalue weighted by molar-refractivity contribution is 6.09. The van der Waals surface area contributed by atoms with E-state index in [0.29, 0.717) is 35.7 Å². The molecule has 0 amide bonds. The second-order valence-electron chi connectivity index (χ2n) is 10.0. The molecule has 0 heterocycles. The Kier molecular flexibility index (Phi) is 3.86. The zero-order valence-electron chi connectivity index (χ0n) is 17.1. The molecule has 1 N–H and O–H groups in total. The number of rotatable bonds is 1. The average molecular weight is 369 g/mol. The predicted molar refractivity (Wildman–Crippen MR) is 106 cm³/mol. The Labute approximate surface area is 162 Å². The minimum Gasteiger partial charge on any atom is -0.382 e. The maximum atomic E-state index is 12.4. The quantitative estimate of drug-likeness (QED) is 0.697. The molecule has 0 aromatic heterocycles. The van der Waals surface area contributed by atoms with E-state index in [2.05, 4.69) is 33.9 Å².